The summed E-state index contributed by atoms with van der Waals surface area (Å²) < 4.78 is 0. The van der Waals surface area contributed by atoms with Crippen LogP contribution in [-0.4, -0.2) is 36.2 Å². The fraction of sp³-hybridized carbons (Fsp3) is 0.182. The molecule has 0 saturated carbocycles. The molecule has 0 saturated heterocycles. The van der Waals surface area contributed by atoms with Gasteiger partial charge in [-0.3, -0.25) is 4.79 Å². The van der Waals surface area contributed by atoms with Gasteiger partial charge in [-0.15, -0.1) is 0 Å². The average molecular weight is 344 g/mol. The summed E-state index contributed by atoms with van der Waals surface area (Å²) in [6.45, 7) is 0.502. The Morgan fingerprint density at radius 3 is 2.62 bits per heavy atom. The molecule has 0 N–H and O–H groups in total. The number of rotatable bonds is 4. The predicted molar refractivity (Wildman–Crippen MR) is 103 cm³/mol. The molecule has 1 aliphatic rings. The SMILES string of the molecule is CN(CC1CC(c2ccccc2)=NO1)C(=O)c1cccc2ccccc12. The molecule has 4 rings (SSSR count). The number of fused-ring (bicyclic) bond motifs is 1. The third-order valence-electron chi connectivity index (χ3n) is 4.68. The van der Waals surface area contributed by atoms with E-state index in [9.17, 15) is 4.79 Å². The first-order valence-corrected chi connectivity index (χ1v) is 8.74. The molecule has 1 heterocycles. The standard InChI is InChI=1S/C22H20N2O2/c1-24(15-18-14-21(23-26-18)17-9-3-2-4-10-17)22(25)20-13-7-11-16-8-5-6-12-19(16)20/h2-13,18H,14-15H2,1H3. The summed E-state index contributed by atoms with van der Waals surface area (Å²) in [4.78, 5) is 20.2. The highest BCUT2D eigenvalue weighted by molar-refractivity contribution is 6.07. The zero-order valence-electron chi connectivity index (χ0n) is 14.6. The largest absolute Gasteiger partial charge is 0.390 e. The maximum atomic E-state index is 12.9. The van der Waals surface area contributed by atoms with E-state index in [1.807, 2.05) is 79.8 Å². The lowest BCUT2D eigenvalue weighted by atomic mass is 10.0. The van der Waals surface area contributed by atoms with Gasteiger partial charge in [0.15, 0.2) is 6.10 Å². The monoisotopic (exact) mass is 344 g/mol. The van der Waals surface area contributed by atoms with Crippen LogP contribution in [0, 0.1) is 0 Å². The predicted octanol–water partition coefficient (Wildman–Crippen LogP) is 4.11. The minimum atomic E-state index is -0.117. The Labute approximate surface area is 152 Å². The number of oxime groups is 1. The molecule has 0 bridgehead atoms. The molecule has 130 valence electrons. The fourth-order valence-electron chi connectivity index (χ4n) is 3.33. The van der Waals surface area contributed by atoms with E-state index in [1.54, 1.807) is 4.90 Å². The highest BCUT2D eigenvalue weighted by atomic mass is 16.6. The Kier molecular flexibility index (Phi) is 4.40. The molecule has 1 atom stereocenters. The summed E-state index contributed by atoms with van der Waals surface area (Å²) in [5, 5.41) is 6.24. The van der Waals surface area contributed by atoms with Crippen molar-refractivity contribution in [2.75, 3.05) is 13.6 Å². The molecule has 0 fully saturated rings. The summed E-state index contributed by atoms with van der Waals surface area (Å²) in [6.07, 6.45) is 0.589. The molecule has 26 heavy (non-hydrogen) atoms. The molecule has 0 aromatic heterocycles. The molecule has 1 unspecified atom stereocenters. The Bertz CT molecular complexity index is 961. The minimum absolute atomic E-state index is 0.00133. The molecule has 3 aromatic carbocycles. The van der Waals surface area contributed by atoms with Gasteiger partial charge in [0.05, 0.1) is 12.3 Å². The normalized spacial score (nSPS) is 16.2. The van der Waals surface area contributed by atoms with Gasteiger partial charge >= 0.3 is 0 Å². The maximum Gasteiger partial charge on any atom is 0.254 e. The highest BCUT2D eigenvalue weighted by Crippen LogP contribution is 2.21. The minimum Gasteiger partial charge on any atom is -0.390 e. The summed E-state index contributed by atoms with van der Waals surface area (Å²) in [6, 6.07) is 23.8. The molecule has 0 aliphatic carbocycles. The number of hydrogen-bond donors (Lipinski definition) is 0. The van der Waals surface area contributed by atoms with Crippen LogP contribution < -0.4 is 0 Å². The van der Waals surface area contributed by atoms with E-state index in [0.717, 1.165) is 22.0 Å². The Balaban J connectivity index is 1.45. The van der Waals surface area contributed by atoms with Crippen molar-refractivity contribution in [1.29, 1.82) is 0 Å². The molecule has 3 aromatic rings. The van der Waals surface area contributed by atoms with Gasteiger partial charge in [0.2, 0.25) is 0 Å². The molecule has 0 spiro atoms. The zero-order valence-corrected chi connectivity index (χ0v) is 14.6. The third kappa shape index (κ3) is 3.18. The lowest BCUT2D eigenvalue weighted by Gasteiger charge is -2.21. The third-order valence-corrected chi connectivity index (χ3v) is 4.68. The number of carbonyl (C=O) groups excluding carboxylic acids is 1. The number of benzene rings is 3. The van der Waals surface area contributed by atoms with Crippen LogP contribution in [0.1, 0.15) is 22.3 Å². The van der Waals surface area contributed by atoms with Crippen LogP contribution >= 0.6 is 0 Å². The first-order valence-electron chi connectivity index (χ1n) is 8.74. The smallest absolute Gasteiger partial charge is 0.254 e. The summed E-state index contributed by atoms with van der Waals surface area (Å²) in [5.41, 5.74) is 2.72. The van der Waals surface area contributed by atoms with Crippen LogP contribution in [-0.2, 0) is 4.84 Å². The summed E-state index contributed by atoms with van der Waals surface area (Å²) in [7, 11) is 1.81. The molecule has 0 radical (unpaired) electrons. The number of hydrogen-bond acceptors (Lipinski definition) is 3. The maximum absolute atomic E-state index is 12.9. The van der Waals surface area contributed by atoms with Crippen molar-refractivity contribution in [3.63, 3.8) is 0 Å². The van der Waals surface area contributed by atoms with Crippen molar-refractivity contribution >= 4 is 22.4 Å². The van der Waals surface area contributed by atoms with Gasteiger partial charge in [-0.2, -0.15) is 0 Å². The first kappa shape index (κ1) is 16.3. The van der Waals surface area contributed by atoms with Gasteiger partial charge in [0.25, 0.3) is 5.91 Å². The van der Waals surface area contributed by atoms with E-state index in [2.05, 4.69) is 5.16 Å². The number of carbonyl (C=O) groups is 1. The van der Waals surface area contributed by atoms with Crippen molar-refractivity contribution in [2.24, 2.45) is 5.16 Å². The van der Waals surface area contributed by atoms with Crippen molar-refractivity contribution in [2.45, 2.75) is 12.5 Å². The van der Waals surface area contributed by atoms with Gasteiger partial charge in [-0.25, -0.2) is 0 Å². The van der Waals surface area contributed by atoms with Crippen molar-refractivity contribution < 1.29 is 9.63 Å². The summed E-state index contributed by atoms with van der Waals surface area (Å²) in [5.74, 6) is -0.00133. The van der Waals surface area contributed by atoms with Gasteiger partial charge in [0, 0.05) is 19.0 Å². The van der Waals surface area contributed by atoms with Crippen LogP contribution in [0.3, 0.4) is 0 Å². The zero-order chi connectivity index (χ0) is 17.9. The second kappa shape index (κ2) is 7.00. The van der Waals surface area contributed by atoms with Crippen LogP contribution in [0.25, 0.3) is 10.8 Å². The second-order valence-electron chi connectivity index (χ2n) is 6.55. The Hall–Kier alpha value is -3.14. The van der Waals surface area contributed by atoms with E-state index >= 15 is 0 Å². The number of nitrogens with zero attached hydrogens (tertiary/aromatic N) is 2. The molecule has 1 aliphatic heterocycles. The summed E-state index contributed by atoms with van der Waals surface area (Å²) >= 11 is 0. The van der Waals surface area contributed by atoms with Crippen molar-refractivity contribution in [1.82, 2.24) is 4.90 Å². The van der Waals surface area contributed by atoms with Crippen LogP contribution in [0.15, 0.2) is 78.0 Å². The van der Waals surface area contributed by atoms with Crippen LogP contribution in [0.5, 0.6) is 0 Å². The molecule has 1 amide bonds. The van der Waals surface area contributed by atoms with E-state index < -0.39 is 0 Å². The molecular formula is C22H20N2O2. The fourth-order valence-corrected chi connectivity index (χ4v) is 3.33. The molecule has 4 nitrogen and oxygen atoms in total. The molecule has 4 heteroatoms. The van der Waals surface area contributed by atoms with Crippen molar-refractivity contribution in [3.8, 4) is 0 Å². The van der Waals surface area contributed by atoms with E-state index in [1.165, 1.54) is 0 Å². The van der Waals surface area contributed by atoms with Gasteiger partial charge in [-0.1, -0.05) is 71.9 Å². The lowest BCUT2D eigenvalue weighted by molar-refractivity contribution is 0.0483. The van der Waals surface area contributed by atoms with E-state index in [-0.39, 0.29) is 12.0 Å². The second-order valence-corrected chi connectivity index (χ2v) is 6.55. The first-order chi connectivity index (χ1) is 12.7. The number of likely N-dealkylation sites (N-methyl/N-ethyl adjacent to an activating group) is 1. The lowest BCUT2D eigenvalue weighted by Crippen LogP contribution is -2.34. The van der Waals surface area contributed by atoms with Crippen LogP contribution in [0.4, 0.5) is 0 Å². The van der Waals surface area contributed by atoms with Crippen molar-refractivity contribution in [3.05, 3.63) is 83.9 Å². The van der Waals surface area contributed by atoms with Gasteiger partial charge < -0.3 is 9.74 Å². The van der Waals surface area contributed by atoms with Gasteiger partial charge in [-0.05, 0) is 22.4 Å². The van der Waals surface area contributed by atoms with E-state index in [0.29, 0.717) is 18.5 Å². The Morgan fingerprint density at radius 2 is 1.77 bits per heavy atom. The van der Waals surface area contributed by atoms with Gasteiger partial charge in [0.1, 0.15) is 0 Å². The average Bonchev–Trinajstić information content (AvgIpc) is 3.16. The van der Waals surface area contributed by atoms with Crippen LogP contribution in [0.2, 0.25) is 0 Å². The van der Waals surface area contributed by atoms with E-state index in [4.69, 9.17) is 4.84 Å². The quantitative estimate of drug-likeness (QED) is 0.715. The number of amides is 1. The highest BCUT2D eigenvalue weighted by Gasteiger charge is 2.25. The topological polar surface area (TPSA) is 41.9 Å². The Morgan fingerprint density at radius 1 is 1.04 bits per heavy atom. The molecular weight excluding hydrogens is 324 g/mol.